The Balaban J connectivity index is 1.40. The second-order valence-corrected chi connectivity index (χ2v) is 12.9. The fourth-order valence-corrected chi connectivity index (χ4v) is 8.34. The molecule has 0 radical (unpaired) electrons. The van der Waals surface area contributed by atoms with Crippen LogP contribution in [0.25, 0.3) is 0 Å². The van der Waals surface area contributed by atoms with E-state index in [0.29, 0.717) is 30.6 Å². The van der Waals surface area contributed by atoms with Crippen molar-refractivity contribution in [2.45, 2.75) is 104 Å². The van der Waals surface area contributed by atoms with Gasteiger partial charge in [0.2, 0.25) is 0 Å². The summed E-state index contributed by atoms with van der Waals surface area (Å²) < 4.78 is 0. The maximum atomic E-state index is 12.4. The van der Waals surface area contributed by atoms with Gasteiger partial charge in [-0.1, -0.05) is 38.4 Å². The van der Waals surface area contributed by atoms with E-state index < -0.39 is 23.5 Å². The van der Waals surface area contributed by atoms with E-state index >= 15 is 0 Å². The van der Waals surface area contributed by atoms with Gasteiger partial charge in [-0.25, -0.2) is 4.79 Å². The third-order valence-corrected chi connectivity index (χ3v) is 10.4. The van der Waals surface area contributed by atoms with Gasteiger partial charge in [0.05, 0.1) is 5.71 Å². The molecule has 0 heterocycles. The zero-order chi connectivity index (χ0) is 27.2. The fraction of sp³-hybridized carbons (Fsp3) is 0.793. The molecule has 206 valence electrons. The molecular weight excluding hydrogens is 472 g/mol. The molecule has 0 aromatic heterocycles. The number of ketones is 1. The highest BCUT2D eigenvalue weighted by atomic mass is 16.6. The highest BCUT2D eigenvalue weighted by Crippen LogP contribution is 2.67. The molecule has 8 nitrogen and oxygen atoms in total. The van der Waals surface area contributed by atoms with Gasteiger partial charge in [0.15, 0.2) is 12.4 Å². The largest absolute Gasteiger partial charge is 0.480 e. The van der Waals surface area contributed by atoms with Crippen molar-refractivity contribution >= 4 is 23.4 Å². The Kier molecular flexibility index (Phi) is 7.63. The first-order chi connectivity index (χ1) is 17.3. The number of hydrogen-bond acceptors (Lipinski definition) is 6. The molecule has 0 aromatic carbocycles. The number of carboxylic acid groups (broad SMARTS) is 1. The van der Waals surface area contributed by atoms with E-state index in [-0.39, 0.29) is 29.1 Å². The Labute approximate surface area is 220 Å². The maximum absolute atomic E-state index is 12.4. The van der Waals surface area contributed by atoms with Crippen LogP contribution in [0.3, 0.4) is 0 Å². The molecule has 3 N–H and O–H groups in total. The van der Waals surface area contributed by atoms with Crippen LogP contribution in [0.1, 0.15) is 92.4 Å². The average molecular weight is 517 g/mol. The van der Waals surface area contributed by atoms with Gasteiger partial charge in [0, 0.05) is 5.41 Å². The van der Waals surface area contributed by atoms with E-state index in [1.807, 2.05) is 13.8 Å². The molecule has 3 fully saturated rings. The monoisotopic (exact) mass is 516 g/mol. The number of carbonyl (C=O) groups is 3. The normalized spacial score (nSPS) is 38.7. The Morgan fingerprint density at radius 3 is 2.46 bits per heavy atom. The second kappa shape index (κ2) is 10.2. The van der Waals surface area contributed by atoms with E-state index in [0.717, 1.165) is 50.7 Å². The number of carboxylic acids is 1. The predicted octanol–water partition coefficient (Wildman–Crippen LogP) is 4.26. The average Bonchev–Trinajstić information content (AvgIpc) is 3.10. The van der Waals surface area contributed by atoms with Crippen molar-refractivity contribution < 1.29 is 29.4 Å². The molecule has 4 aliphatic carbocycles. The van der Waals surface area contributed by atoms with Crippen LogP contribution < -0.4 is 5.32 Å². The zero-order valence-corrected chi connectivity index (χ0v) is 23.0. The number of aliphatic hydroxyl groups is 1. The molecule has 4 rings (SSSR count). The van der Waals surface area contributed by atoms with Crippen LogP contribution in [0.2, 0.25) is 0 Å². The summed E-state index contributed by atoms with van der Waals surface area (Å²) >= 11 is 0. The number of hydrogen-bond donors (Lipinski definition) is 3. The summed E-state index contributed by atoms with van der Waals surface area (Å²) in [5.41, 5.74) is 0.765. The van der Waals surface area contributed by atoms with Gasteiger partial charge < -0.3 is 20.4 Å². The van der Waals surface area contributed by atoms with Gasteiger partial charge in [-0.05, 0) is 99.9 Å². The van der Waals surface area contributed by atoms with Gasteiger partial charge in [0.1, 0.15) is 11.6 Å². The molecule has 4 aliphatic rings. The highest BCUT2D eigenvalue weighted by Gasteiger charge is 2.65. The van der Waals surface area contributed by atoms with Crippen LogP contribution in [-0.4, -0.2) is 51.8 Å². The highest BCUT2D eigenvalue weighted by molar-refractivity contribution is 5.96. The minimum atomic E-state index is -1.19. The van der Waals surface area contributed by atoms with Gasteiger partial charge >= 0.3 is 5.97 Å². The number of allylic oxidation sites excluding steroid dienone is 2. The molecular formula is C29H44N2O6. The zero-order valence-electron chi connectivity index (χ0n) is 23.0. The van der Waals surface area contributed by atoms with E-state index in [9.17, 15) is 24.6 Å². The summed E-state index contributed by atoms with van der Waals surface area (Å²) in [6.07, 6.45) is 9.66. The SMILES string of the molecule is CC(=O)[C@@]1(O)CC[C@H]2[C@@H]3CCC4=C/C(=N\OCC(=O)N[C@@H](CC(C)C)C(=O)O)CC[C@]4(C)[C@H]3CC[C@@]21C. The Hall–Kier alpha value is -2.22. The Morgan fingerprint density at radius 2 is 1.81 bits per heavy atom. The standard InChI is InChI=1S/C29H44N2O6/c1-17(2)14-24(26(34)35)30-25(33)16-37-31-20-8-11-27(4)19(15-20)6-7-21-22(27)9-12-28(5)23(21)10-13-29(28,36)18(3)32/h15,17,21-24,36H,6-14,16H2,1-5H3,(H,30,33)(H,34,35)/b31-20-/t21-,22+,23+,24+,27+,28+,29+/m1/s1. The lowest BCUT2D eigenvalue weighted by molar-refractivity contribution is -0.159. The van der Waals surface area contributed by atoms with Crippen molar-refractivity contribution in [3.8, 4) is 0 Å². The number of carbonyl (C=O) groups excluding carboxylic acids is 2. The molecule has 0 bridgehead atoms. The third-order valence-electron chi connectivity index (χ3n) is 10.4. The smallest absolute Gasteiger partial charge is 0.326 e. The molecule has 7 atom stereocenters. The van der Waals surface area contributed by atoms with E-state index in [1.54, 1.807) is 6.92 Å². The number of nitrogens with one attached hydrogen (secondary N) is 1. The third kappa shape index (κ3) is 4.86. The van der Waals surface area contributed by atoms with E-state index in [4.69, 9.17) is 4.84 Å². The maximum Gasteiger partial charge on any atom is 0.326 e. The van der Waals surface area contributed by atoms with Crippen molar-refractivity contribution in [3.05, 3.63) is 11.6 Å². The van der Waals surface area contributed by atoms with Crippen molar-refractivity contribution in [1.29, 1.82) is 0 Å². The lowest BCUT2D eigenvalue weighted by Gasteiger charge is -2.59. The Bertz CT molecular complexity index is 1000. The summed E-state index contributed by atoms with van der Waals surface area (Å²) in [4.78, 5) is 41.3. The first kappa shape index (κ1) is 27.8. The molecule has 0 aliphatic heterocycles. The van der Waals surface area contributed by atoms with Crippen molar-refractivity contribution in [3.63, 3.8) is 0 Å². The number of nitrogens with zero attached hydrogens (tertiary/aromatic N) is 1. The number of aliphatic carboxylic acids is 1. The summed E-state index contributed by atoms with van der Waals surface area (Å²) in [7, 11) is 0. The van der Waals surface area contributed by atoms with E-state index in [1.165, 1.54) is 5.57 Å². The lowest BCUT2D eigenvalue weighted by atomic mass is 9.46. The number of rotatable bonds is 8. The van der Waals surface area contributed by atoms with Gasteiger partial charge in [0.25, 0.3) is 5.91 Å². The number of amides is 1. The lowest BCUT2D eigenvalue weighted by Crippen LogP contribution is -2.57. The quantitative estimate of drug-likeness (QED) is 0.414. The number of fused-ring (bicyclic) bond motifs is 5. The predicted molar refractivity (Wildman–Crippen MR) is 140 cm³/mol. The molecule has 0 spiro atoms. The second-order valence-electron chi connectivity index (χ2n) is 12.9. The van der Waals surface area contributed by atoms with Crippen LogP contribution in [0.15, 0.2) is 16.8 Å². The van der Waals surface area contributed by atoms with E-state index in [2.05, 4.69) is 30.4 Å². The van der Waals surface area contributed by atoms with Crippen LogP contribution in [0, 0.1) is 34.5 Å². The van der Waals surface area contributed by atoms with Crippen molar-refractivity contribution in [2.24, 2.45) is 39.7 Å². The first-order valence-corrected chi connectivity index (χ1v) is 14.0. The molecule has 37 heavy (non-hydrogen) atoms. The Morgan fingerprint density at radius 1 is 1.11 bits per heavy atom. The molecule has 0 unspecified atom stereocenters. The van der Waals surface area contributed by atoms with Crippen LogP contribution in [0.5, 0.6) is 0 Å². The van der Waals surface area contributed by atoms with Gasteiger partial charge in [-0.15, -0.1) is 0 Å². The fourth-order valence-electron chi connectivity index (χ4n) is 8.34. The minimum absolute atomic E-state index is 0.0725. The minimum Gasteiger partial charge on any atom is -0.480 e. The van der Waals surface area contributed by atoms with Crippen LogP contribution in [0.4, 0.5) is 0 Å². The van der Waals surface area contributed by atoms with Crippen molar-refractivity contribution in [1.82, 2.24) is 5.32 Å². The van der Waals surface area contributed by atoms with Gasteiger partial charge in [-0.3, -0.25) is 9.59 Å². The van der Waals surface area contributed by atoms with Gasteiger partial charge in [-0.2, -0.15) is 0 Å². The topological polar surface area (TPSA) is 125 Å². The summed E-state index contributed by atoms with van der Waals surface area (Å²) in [6.45, 7) is 9.58. The summed E-state index contributed by atoms with van der Waals surface area (Å²) in [5, 5.41) is 27.4. The molecule has 3 saturated carbocycles. The number of oxime groups is 1. The summed E-state index contributed by atoms with van der Waals surface area (Å²) in [5.74, 6) is -0.0502. The molecule has 0 saturated heterocycles. The van der Waals surface area contributed by atoms with Crippen molar-refractivity contribution in [2.75, 3.05) is 6.61 Å². The van der Waals surface area contributed by atoms with Crippen LogP contribution >= 0.6 is 0 Å². The summed E-state index contributed by atoms with van der Waals surface area (Å²) in [6, 6.07) is -0.930. The van der Waals surface area contributed by atoms with Crippen LogP contribution in [-0.2, 0) is 19.2 Å². The molecule has 0 aromatic rings. The molecule has 1 amide bonds. The molecule has 8 heteroatoms. The first-order valence-electron chi connectivity index (χ1n) is 14.0. The number of Topliss-reactive ketones (excluding diaryl/α,β-unsaturated/α-hetero) is 1.